The van der Waals surface area contributed by atoms with Gasteiger partial charge in [0.25, 0.3) is 0 Å². The van der Waals surface area contributed by atoms with Crippen LogP contribution in [0.3, 0.4) is 0 Å². The van der Waals surface area contributed by atoms with Gasteiger partial charge in [0, 0.05) is 18.5 Å². The van der Waals surface area contributed by atoms with Crippen LogP contribution in [0.25, 0.3) is 0 Å². The van der Waals surface area contributed by atoms with E-state index in [1.54, 1.807) is 10.9 Å². The molecule has 0 saturated heterocycles. The highest BCUT2D eigenvalue weighted by atomic mass is 32.1. The highest BCUT2D eigenvalue weighted by molar-refractivity contribution is 7.07. The molecule has 17 heavy (non-hydrogen) atoms. The van der Waals surface area contributed by atoms with Gasteiger partial charge in [-0.1, -0.05) is 0 Å². The molecule has 0 spiro atoms. The second kappa shape index (κ2) is 5.46. The van der Waals surface area contributed by atoms with Crippen molar-refractivity contribution in [3.63, 3.8) is 0 Å². The Hall–Kier alpha value is -1.15. The molecule has 0 radical (unpaired) electrons. The molecule has 1 aromatic heterocycles. The number of nitrogens with zero attached hydrogens (tertiary/aromatic N) is 2. The van der Waals surface area contributed by atoms with E-state index >= 15 is 0 Å². The van der Waals surface area contributed by atoms with Crippen molar-refractivity contribution in [2.75, 3.05) is 13.6 Å². The SMILES string of the molecule is CN(Cc1cscn1)CC(C(=O)O)C(F)(F)F. The number of hydrogen-bond donors (Lipinski definition) is 1. The molecule has 4 nitrogen and oxygen atoms in total. The van der Waals surface area contributed by atoms with Gasteiger partial charge in [-0.25, -0.2) is 4.98 Å². The normalized spacial score (nSPS) is 13.9. The molecule has 0 amide bonds. The summed E-state index contributed by atoms with van der Waals surface area (Å²) in [5.41, 5.74) is 2.20. The zero-order chi connectivity index (χ0) is 13.1. The number of rotatable bonds is 5. The highest BCUT2D eigenvalue weighted by Gasteiger charge is 2.45. The molecule has 1 unspecified atom stereocenters. The van der Waals surface area contributed by atoms with Crippen LogP contribution in [0.1, 0.15) is 5.69 Å². The van der Waals surface area contributed by atoms with E-state index < -0.39 is 24.6 Å². The fourth-order valence-electron chi connectivity index (χ4n) is 1.29. The fraction of sp³-hybridized carbons (Fsp3) is 0.556. The van der Waals surface area contributed by atoms with E-state index in [4.69, 9.17) is 5.11 Å². The lowest BCUT2D eigenvalue weighted by Crippen LogP contribution is -2.39. The average molecular weight is 268 g/mol. The van der Waals surface area contributed by atoms with Crippen LogP contribution in [0.5, 0.6) is 0 Å². The Kier molecular flexibility index (Phi) is 4.47. The summed E-state index contributed by atoms with van der Waals surface area (Å²) in [6, 6.07) is 0. The molecule has 0 aliphatic heterocycles. The van der Waals surface area contributed by atoms with E-state index in [2.05, 4.69) is 4.98 Å². The first kappa shape index (κ1) is 13.9. The van der Waals surface area contributed by atoms with Crippen molar-refractivity contribution in [2.45, 2.75) is 12.7 Å². The molecule has 0 bridgehead atoms. The topological polar surface area (TPSA) is 53.4 Å². The van der Waals surface area contributed by atoms with Crippen molar-refractivity contribution in [1.29, 1.82) is 0 Å². The Labute approximate surface area is 99.7 Å². The van der Waals surface area contributed by atoms with Gasteiger partial charge in [-0.3, -0.25) is 9.69 Å². The van der Waals surface area contributed by atoms with Crippen LogP contribution in [-0.4, -0.2) is 40.7 Å². The first-order chi connectivity index (χ1) is 7.80. The number of carboxylic acid groups (broad SMARTS) is 1. The summed E-state index contributed by atoms with van der Waals surface area (Å²) in [5, 5.41) is 10.2. The molecule has 0 aliphatic carbocycles. The van der Waals surface area contributed by atoms with Crippen LogP contribution in [0.4, 0.5) is 13.2 Å². The minimum absolute atomic E-state index is 0.198. The van der Waals surface area contributed by atoms with E-state index in [-0.39, 0.29) is 6.54 Å². The summed E-state index contributed by atoms with van der Waals surface area (Å²) in [7, 11) is 1.43. The predicted octanol–water partition coefficient (Wildman–Crippen LogP) is 1.84. The quantitative estimate of drug-likeness (QED) is 0.885. The molecule has 1 atom stereocenters. The van der Waals surface area contributed by atoms with E-state index in [0.29, 0.717) is 5.69 Å². The number of thiazole rings is 1. The summed E-state index contributed by atoms with van der Waals surface area (Å²) >= 11 is 1.34. The van der Waals surface area contributed by atoms with Gasteiger partial charge in [0.15, 0.2) is 5.92 Å². The van der Waals surface area contributed by atoms with Crippen LogP contribution in [-0.2, 0) is 11.3 Å². The van der Waals surface area contributed by atoms with Crippen LogP contribution in [0, 0.1) is 5.92 Å². The maximum Gasteiger partial charge on any atom is 0.403 e. The minimum atomic E-state index is -4.73. The van der Waals surface area contributed by atoms with Gasteiger partial charge in [0.05, 0.1) is 11.2 Å². The molecule has 0 fully saturated rings. The smallest absolute Gasteiger partial charge is 0.403 e. The number of aliphatic carboxylic acids is 1. The molecular formula is C9H11F3N2O2S. The van der Waals surface area contributed by atoms with Crippen molar-refractivity contribution in [2.24, 2.45) is 5.92 Å². The molecule has 0 saturated carbocycles. The number of carbonyl (C=O) groups is 1. The van der Waals surface area contributed by atoms with Crippen LogP contribution >= 0.6 is 11.3 Å². The number of hydrogen-bond acceptors (Lipinski definition) is 4. The van der Waals surface area contributed by atoms with E-state index in [1.807, 2.05) is 0 Å². The molecule has 0 aliphatic rings. The second-order valence-electron chi connectivity index (χ2n) is 3.61. The zero-order valence-corrected chi connectivity index (χ0v) is 9.75. The first-order valence-corrected chi connectivity index (χ1v) is 5.60. The predicted molar refractivity (Wildman–Crippen MR) is 55.6 cm³/mol. The van der Waals surface area contributed by atoms with Gasteiger partial charge >= 0.3 is 12.1 Å². The minimum Gasteiger partial charge on any atom is -0.481 e. The van der Waals surface area contributed by atoms with Crippen molar-refractivity contribution in [1.82, 2.24) is 9.88 Å². The summed E-state index contributed by atoms with van der Waals surface area (Å²) < 4.78 is 37.2. The molecule has 1 N–H and O–H groups in total. The summed E-state index contributed by atoms with van der Waals surface area (Å²) in [6.07, 6.45) is -4.73. The van der Waals surface area contributed by atoms with Crippen molar-refractivity contribution >= 4 is 17.3 Å². The average Bonchev–Trinajstić information content (AvgIpc) is 2.64. The molecule has 1 heterocycles. The fourth-order valence-corrected chi connectivity index (χ4v) is 1.84. The van der Waals surface area contributed by atoms with Crippen LogP contribution < -0.4 is 0 Å². The van der Waals surface area contributed by atoms with Gasteiger partial charge in [-0.05, 0) is 7.05 Å². The number of carboxylic acids is 1. The Balaban J connectivity index is 2.59. The van der Waals surface area contributed by atoms with E-state index in [0.717, 1.165) is 0 Å². The summed E-state index contributed by atoms with van der Waals surface area (Å²) in [6.45, 7) is -0.389. The molecule has 1 rings (SSSR count). The molecule has 96 valence electrons. The van der Waals surface area contributed by atoms with E-state index in [9.17, 15) is 18.0 Å². The third kappa shape index (κ3) is 4.31. The maximum absolute atomic E-state index is 12.4. The summed E-state index contributed by atoms with van der Waals surface area (Å²) in [4.78, 5) is 15.7. The largest absolute Gasteiger partial charge is 0.481 e. The summed E-state index contributed by atoms with van der Waals surface area (Å²) in [5.74, 6) is -4.23. The van der Waals surface area contributed by atoms with Gasteiger partial charge < -0.3 is 5.11 Å². The third-order valence-corrected chi connectivity index (χ3v) is 2.74. The first-order valence-electron chi connectivity index (χ1n) is 4.66. The van der Waals surface area contributed by atoms with Gasteiger partial charge in [-0.2, -0.15) is 13.2 Å². The lowest BCUT2D eigenvalue weighted by atomic mass is 10.1. The number of alkyl halides is 3. The van der Waals surface area contributed by atoms with Crippen LogP contribution in [0.15, 0.2) is 10.9 Å². The highest BCUT2D eigenvalue weighted by Crippen LogP contribution is 2.27. The molecule has 0 aromatic carbocycles. The lowest BCUT2D eigenvalue weighted by Gasteiger charge is -2.22. The standard InChI is InChI=1S/C9H11F3N2O2S/c1-14(2-6-4-17-5-13-6)3-7(8(15)16)9(10,11)12/h4-5,7H,2-3H2,1H3,(H,15,16). The Bertz CT molecular complexity index is 367. The zero-order valence-electron chi connectivity index (χ0n) is 8.94. The second-order valence-corrected chi connectivity index (χ2v) is 4.33. The maximum atomic E-state index is 12.4. The molecule has 8 heteroatoms. The number of aromatic nitrogens is 1. The van der Waals surface area contributed by atoms with Gasteiger partial charge in [0.2, 0.25) is 0 Å². The lowest BCUT2D eigenvalue weighted by molar-refractivity contribution is -0.196. The van der Waals surface area contributed by atoms with Gasteiger partial charge in [0.1, 0.15) is 0 Å². The van der Waals surface area contributed by atoms with Crippen molar-refractivity contribution in [3.05, 3.63) is 16.6 Å². The molecular weight excluding hydrogens is 257 g/mol. The Morgan fingerprint density at radius 1 is 1.65 bits per heavy atom. The monoisotopic (exact) mass is 268 g/mol. The van der Waals surface area contributed by atoms with E-state index in [1.165, 1.54) is 23.3 Å². The molecule has 1 aromatic rings. The Morgan fingerprint density at radius 3 is 2.71 bits per heavy atom. The van der Waals surface area contributed by atoms with Crippen molar-refractivity contribution in [3.8, 4) is 0 Å². The third-order valence-electron chi connectivity index (χ3n) is 2.10. The van der Waals surface area contributed by atoms with Crippen molar-refractivity contribution < 1.29 is 23.1 Å². The number of halogens is 3. The van der Waals surface area contributed by atoms with Gasteiger partial charge in [-0.15, -0.1) is 11.3 Å². The Morgan fingerprint density at radius 2 is 2.29 bits per heavy atom. The van der Waals surface area contributed by atoms with Crippen LogP contribution in [0.2, 0.25) is 0 Å².